The molecule has 1 amide bonds. The number of carbonyl (C=O) groups is 1. The highest BCUT2D eigenvalue weighted by atomic mass is 32.1. The van der Waals surface area contributed by atoms with E-state index in [4.69, 9.17) is 5.73 Å². The van der Waals surface area contributed by atoms with Crippen molar-refractivity contribution in [2.24, 2.45) is 5.92 Å². The highest BCUT2D eigenvalue weighted by molar-refractivity contribution is 7.21. The SMILES string of the molecule is CCC(NC(=O)c1sc2ccccc2c1N)C(C)C. The van der Waals surface area contributed by atoms with Gasteiger partial charge in [0.05, 0.1) is 5.69 Å². The van der Waals surface area contributed by atoms with Crippen LogP contribution in [0.1, 0.15) is 36.9 Å². The summed E-state index contributed by atoms with van der Waals surface area (Å²) in [7, 11) is 0. The number of fused-ring (bicyclic) bond motifs is 1. The number of nitrogen functional groups attached to an aromatic ring is 1. The van der Waals surface area contributed by atoms with Gasteiger partial charge in [0.25, 0.3) is 5.91 Å². The molecule has 1 aromatic heterocycles. The lowest BCUT2D eigenvalue weighted by molar-refractivity contribution is 0.0929. The molecule has 2 aromatic rings. The summed E-state index contributed by atoms with van der Waals surface area (Å²) in [6, 6.07) is 8.04. The zero-order valence-electron chi connectivity index (χ0n) is 11.6. The largest absolute Gasteiger partial charge is 0.397 e. The lowest BCUT2D eigenvalue weighted by atomic mass is 10.0. The van der Waals surface area contributed by atoms with Gasteiger partial charge in [-0.05, 0) is 18.4 Å². The molecule has 0 bridgehead atoms. The molecule has 0 spiro atoms. The first kappa shape index (κ1) is 13.9. The minimum Gasteiger partial charge on any atom is -0.397 e. The molecule has 0 saturated carbocycles. The maximum Gasteiger partial charge on any atom is 0.263 e. The van der Waals surface area contributed by atoms with E-state index in [1.165, 1.54) is 11.3 Å². The maximum atomic E-state index is 12.3. The number of nitrogens with one attached hydrogen (secondary N) is 1. The van der Waals surface area contributed by atoms with Gasteiger partial charge in [0.2, 0.25) is 0 Å². The van der Waals surface area contributed by atoms with Crippen molar-refractivity contribution < 1.29 is 4.79 Å². The van der Waals surface area contributed by atoms with Crippen LogP contribution in [0.5, 0.6) is 0 Å². The molecular weight excluding hydrogens is 256 g/mol. The van der Waals surface area contributed by atoms with Gasteiger partial charge in [0, 0.05) is 16.1 Å². The molecule has 1 heterocycles. The summed E-state index contributed by atoms with van der Waals surface area (Å²) >= 11 is 1.46. The lowest BCUT2D eigenvalue weighted by Gasteiger charge is -2.20. The molecule has 0 aliphatic carbocycles. The van der Waals surface area contributed by atoms with Crippen molar-refractivity contribution in [3.63, 3.8) is 0 Å². The average molecular weight is 276 g/mol. The Hall–Kier alpha value is -1.55. The first-order valence-corrected chi connectivity index (χ1v) is 7.44. The molecule has 0 radical (unpaired) electrons. The summed E-state index contributed by atoms with van der Waals surface area (Å²) < 4.78 is 1.06. The van der Waals surface area contributed by atoms with E-state index < -0.39 is 0 Å². The number of nitrogens with two attached hydrogens (primary N) is 1. The molecule has 3 nitrogen and oxygen atoms in total. The van der Waals surface area contributed by atoms with Gasteiger partial charge < -0.3 is 11.1 Å². The van der Waals surface area contributed by atoms with Crippen molar-refractivity contribution in [1.82, 2.24) is 5.32 Å². The van der Waals surface area contributed by atoms with Crippen molar-refractivity contribution >= 4 is 33.0 Å². The van der Waals surface area contributed by atoms with Crippen LogP contribution in [0.3, 0.4) is 0 Å². The second-order valence-corrected chi connectivity index (χ2v) is 6.13. The summed E-state index contributed by atoms with van der Waals surface area (Å²) in [5, 5.41) is 4.04. The molecule has 0 aliphatic rings. The van der Waals surface area contributed by atoms with Crippen molar-refractivity contribution in [3.8, 4) is 0 Å². The zero-order valence-corrected chi connectivity index (χ0v) is 12.4. The van der Waals surface area contributed by atoms with Gasteiger partial charge in [-0.3, -0.25) is 4.79 Å². The predicted molar refractivity (Wildman–Crippen MR) is 82.6 cm³/mol. The Morgan fingerprint density at radius 1 is 1.37 bits per heavy atom. The third-order valence-corrected chi connectivity index (χ3v) is 4.59. The van der Waals surface area contributed by atoms with E-state index in [1.807, 2.05) is 24.3 Å². The smallest absolute Gasteiger partial charge is 0.263 e. The van der Waals surface area contributed by atoms with E-state index in [2.05, 4.69) is 26.1 Å². The van der Waals surface area contributed by atoms with E-state index in [1.54, 1.807) is 0 Å². The Morgan fingerprint density at radius 3 is 2.63 bits per heavy atom. The Labute approximate surface area is 117 Å². The third-order valence-electron chi connectivity index (χ3n) is 3.40. The number of thiophene rings is 1. The number of benzene rings is 1. The fourth-order valence-electron chi connectivity index (χ4n) is 2.21. The van der Waals surface area contributed by atoms with E-state index in [0.717, 1.165) is 16.5 Å². The monoisotopic (exact) mass is 276 g/mol. The Kier molecular flexibility index (Phi) is 4.10. The molecule has 1 unspecified atom stereocenters. The molecule has 4 heteroatoms. The predicted octanol–water partition coefficient (Wildman–Crippen LogP) is 3.65. The van der Waals surface area contributed by atoms with Crippen LogP contribution in [-0.4, -0.2) is 11.9 Å². The number of hydrogen-bond acceptors (Lipinski definition) is 3. The normalized spacial score (nSPS) is 12.8. The Balaban J connectivity index is 2.29. The Bertz CT molecular complexity index is 589. The molecule has 0 fully saturated rings. The molecule has 19 heavy (non-hydrogen) atoms. The lowest BCUT2D eigenvalue weighted by Crippen LogP contribution is -2.37. The molecule has 3 N–H and O–H groups in total. The van der Waals surface area contributed by atoms with Crippen molar-refractivity contribution in [3.05, 3.63) is 29.1 Å². The van der Waals surface area contributed by atoms with Crippen LogP contribution in [0.25, 0.3) is 10.1 Å². The summed E-state index contributed by atoms with van der Waals surface area (Å²) in [5.74, 6) is 0.365. The van der Waals surface area contributed by atoms with Crippen molar-refractivity contribution in [1.29, 1.82) is 0 Å². The average Bonchev–Trinajstić information content (AvgIpc) is 2.73. The second kappa shape index (κ2) is 5.61. The first-order valence-electron chi connectivity index (χ1n) is 6.62. The van der Waals surface area contributed by atoms with Gasteiger partial charge in [-0.1, -0.05) is 39.0 Å². The van der Waals surface area contributed by atoms with E-state index in [-0.39, 0.29) is 11.9 Å². The number of rotatable bonds is 4. The van der Waals surface area contributed by atoms with Crippen LogP contribution in [0.4, 0.5) is 5.69 Å². The van der Waals surface area contributed by atoms with Crippen LogP contribution >= 0.6 is 11.3 Å². The fourth-order valence-corrected chi connectivity index (χ4v) is 3.23. The summed E-state index contributed by atoms with van der Waals surface area (Å²) in [5.41, 5.74) is 6.68. The van der Waals surface area contributed by atoms with Gasteiger partial charge in [0.15, 0.2) is 0 Å². The van der Waals surface area contributed by atoms with Crippen LogP contribution in [-0.2, 0) is 0 Å². The molecule has 0 saturated heterocycles. The fraction of sp³-hybridized carbons (Fsp3) is 0.400. The quantitative estimate of drug-likeness (QED) is 0.895. The van der Waals surface area contributed by atoms with Crippen molar-refractivity contribution in [2.75, 3.05) is 5.73 Å². The van der Waals surface area contributed by atoms with Gasteiger partial charge in [0.1, 0.15) is 4.88 Å². The van der Waals surface area contributed by atoms with Crippen LogP contribution in [0.15, 0.2) is 24.3 Å². The van der Waals surface area contributed by atoms with Crippen LogP contribution in [0, 0.1) is 5.92 Å². The third kappa shape index (κ3) is 2.73. The van der Waals surface area contributed by atoms with Gasteiger partial charge in [-0.2, -0.15) is 0 Å². The van der Waals surface area contributed by atoms with E-state index in [0.29, 0.717) is 16.5 Å². The molecule has 1 atom stereocenters. The van der Waals surface area contributed by atoms with Crippen molar-refractivity contribution in [2.45, 2.75) is 33.2 Å². The standard InChI is InChI=1S/C15H20N2OS/c1-4-11(9(2)3)17-15(18)14-13(16)10-7-5-6-8-12(10)19-14/h5-9,11H,4,16H2,1-3H3,(H,17,18). The summed E-state index contributed by atoms with van der Waals surface area (Å²) in [6.07, 6.45) is 0.925. The minimum absolute atomic E-state index is 0.0563. The summed E-state index contributed by atoms with van der Waals surface area (Å²) in [4.78, 5) is 13.0. The molecule has 2 rings (SSSR count). The number of carbonyl (C=O) groups excluding carboxylic acids is 1. The van der Waals surface area contributed by atoms with Gasteiger partial charge in [-0.15, -0.1) is 11.3 Å². The van der Waals surface area contributed by atoms with E-state index >= 15 is 0 Å². The highest BCUT2D eigenvalue weighted by Gasteiger charge is 2.20. The minimum atomic E-state index is -0.0563. The van der Waals surface area contributed by atoms with Crippen LogP contribution in [0.2, 0.25) is 0 Å². The zero-order chi connectivity index (χ0) is 14.0. The topological polar surface area (TPSA) is 55.1 Å². The maximum absolute atomic E-state index is 12.3. The molecule has 102 valence electrons. The Morgan fingerprint density at radius 2 is 2.05 bits per heavy atom. The molecule has 0 aliphatic heterocycles. The number of amides is 1. The highest BCUT2D eigenvalue weighted by Crippen LogP contribution is 2.33. The molecular formula is C15H20N2OS. The van der Waals surface area contributed by atoms with Gasteiger partial charge >= 0.3 is 0 Å². The molecule has 1 aromatic carbocycles. The number of anilines is 1. The van der Waals surface area contributed by atoms with E-state index in [9.17, 15) is 4.79 Å². The first-order chi connectivity index (χ1) is 9.04. The van der Waals surface area contributed by atoms with Crippen LogP contribution < -0.4 is 11.1 Å². The van der Waals surface area contributed by atoms with Gasteiger partial charge in [-0.25, -0.2) is 0 Å². The summed E-state index contributed by atoms with van der Waals surface area (Å²) in [6.45, 7) is 6.31. The number of hydrogen-bond donors (Lipinski definition) is 2. The second-order valence-electron chi connectivity index (χ2n) is 5.07.